The molecule has 0 saturated carbocycles. The predicted octanol–water partition coefficient (Wildman–Crippen LogP) is 2.97. The van der Waals surface area contributed by atoms with Gasteiger partial charge in [-0.2, -0.15) is 0 Å². The molecule has 0 saturated heterocycles. The normalized spacial score (nSPS) is 11.1. The summed E-state index contributed by atoms with van der Waals surface area (Å²) in [5.41, 5.74) is 2.17. The zero-order valence-corrected chi connectivity index (χ0v) is 10.4. The summed E-state index contributed by atoms with van der Waals surface area (Å²) in [6.45, 7) is 3.58. The van der Waals surface area contributed by atoms with Gasteiger partial charge in [-0.3, -0.25) is 0 Å². The average Bonchev–Trinajstić information content (AvgIpc) is 2.54. The fourth-order valence-corrected chi connectivity index (χ4v) is 2.09. The largest absolute Gasteiger partial charge is 0.377 e. The minimum atomic E-state index is 0.556. The number of rotatable bonds is 3. The molecule has 0 N–H and O–H groups in total. The summed E-state index contributed by atoms with van der Waals surface area (Å²) < 4.78 is 8.36. The number of aryl methyl sites for hydroxylation is 1. The number of benzene rings is 1. The highest BCUT2D eigenvalue weighted by molar-refractivity contribution is 9.10. The molecule has 0 atom stereocenters. The number of aromatic nitrogens is 2. The van der Waals surface area contributed by atoms with Crippen molar-refractivity contribution in [2.75, 3.05) is 7.11 Å². The van der Waals surface area contributed by atoms with E-state index in [1.54, 1.807) is 7.11 Å². The van der Waals surface area contributed by atoms with Gasteiger partial charge in [0.2, 0.25) is 0 Å². The second-order valence-electron chi connectivity index (χ2n) is 3.34. The summed E-state index contributed by atoms with van der Waals surface area (Å²) in [6, 6.07) is 6.14. The lowest BCUT2D eigenvalue weighted by atomic mass is 10.3. The molecule has 3 nitrogen and oxygen atoms in total. The van der Waals surface area contributed by atoms with Crippen LogP contribution in [0.1, 0.15) is 12.7 Å². The molecule has 80 valence electrons. The van der Waals surface area contributed by atoms with Crippen molar-refractivity contribution in [3.05, 3.63) is 28.5 Å². The van der Waals surface area contributed by atoms with Crippen molar-refractivity contribution in [3.8, 4) is 0 Å². The van der Waals surface area contributed by atoms with Gasteiger partial charge in [0.1, 0.15) is 12.4 Å². The number of methoxy groups -OCH3 is 1. The smallest absolute Gasteiger partial charge is 0.135 e. The third-order valence-electron chi connectivity index (χ3n) is 2.38. The molecule has 2 rings (SSSR count). The lowest BCUT2D eigenvalue weighted by Gasteiger charge is -2.04. The van der Waals surface area contributed by atoms with Crippen LogP contribution in [0.2, 0.25) is 0 Å². The van der Waals surface area contributed by atoms with Crippen molar-refractivity contribution < 1.29 is 4.74 Å². The van der Waals surface area contributed by atoms with E-state index in [-0.39, 0.29) is 0 Å². The van der Waals surface area contributed by atoms with Gasteiger partial charge in [0.05, 0.1) is 11.0 Å². The lowest BCUT2D eigenvalue weighted by Crippen LogP contribution is -2.02. The number of halogens is 1. The van der Waals surface area contributed by atoms with Crippen molar-refractivity contribution in [2.45, 2.75) is 20.1 Å². The summed E-state index contributed by atoms with van der Waals surface area (Å²) in [4.78, 5) is 4.54. The van der Waals surface area contributed by atoms with Crippen LogP contribution in [0.15, 0.2) is 22.7 Å². The summed E-state index contributed by atoms with van der Waals surface area (Å²) in [5.74, 6) is 0.980. The van der Waals surface area contributed by atoms with E-state index in [2.05, 4.69) is 38.5 Å². The topological polar surface area (TPSA) is 27.1 Å². The molecule has 2 aromatic rings. The number of nitrogens with zero attached hydrogens (tertiary/aromatic N) is 2. The van der Waals surface area contributed by atoms with Gasteiger partial charge in [-0.1, -0.05) is 15.9 Å². The van der Waals surface area contributed by atoms with Gasteiger partial charge in [-0.25, -0.2) is 4.98 Å². The monoisotopic (exact) mass is 268 g/mol. The highest BCUT2D eigenvalue weighted by atomic mass is 79.9. The maximum absolute atomic E-state index is 5.14. The van der Waals surface area contributed by atoms with Crippen molar-refractivity contribution in [2.24, 2.45) is 0 Å². The predicted molar refractivity (Wildman–Crippen MR) is 63.8 cm³/mol. The molecule has 15 heavy (non-hydrogen) atoms. The first-order chi connectivity index (χ1) is 7.26. The van der Waals surface area contributed by atoms with Crippen molar-refractivity contribution in [1.29, 1.82) is 0 Å². The molecule has 1 heterocycles. The van der Waals surface area contributed by atoms with Crippen LogP contribution in [-0.4, -0.2) is 16.7 Å². The summed E-state index contributed by atoms with van der Waals surface area (Å²) in [6.07, 6.45) is 0. The maximum Gasteiger partial charge on any atom is 0.135 e. The summed E-state index contributed by atoms with van der Waals surface area (Å²) in [7, 11) is 1.69. The Balaban J connectivity index is 2.62. The molecular formula is C11H13BrN2O. The van der Waals surface area contributed by atoms with Gasteiger partial charge >= 0.3 is 0 Å². The molecule has 1 aromatic carbocycles. The Morgan fingerprint density at radius 2 is 2.27 bits per heavy atom. The Labute approximate surface area is 97.2 Å². The maximum atomic E-state index is 5.14. The van der Waals surface area contributed by atoms with Gasteiger partial charge in [0, 0.05) is 18.1 Å². The third kappa shape index (κ3) is 1.92. The fourth-order valence-electron chi connectivity index (χ4n) is 1.74. The van der Waals surface area contributed by atoms with Crippen LogP contribution in [-0.2, 0) is 17.9 Å². The molecule has 0 radical (unpaired) electrons. The fraction of sp³-hybridized carbons (Fsp3) is 0.364. The highest BCUT2D eigenvalue weighted by Crippen LogP contribution is 2.21. The molecule has 0 bridgehead atoms. The molecule has 0 aliphatic heterocycles. The van der Waals surface area contributed by atoms with E-state index in [9.17, 15) is 0 Å². The minimum Gasteiger partial charge on any atom is -0.377 e. The third-order valence-corrected chi connectivity index (χ3v) is 2.87. The quantitative estimate of drug-likeness (QED) is 0.856. The van der Waals surface area contributed by atoms with Gasteiger partial charge < -0.3 is 9.30 Å². The first-order valence-electron chi connectivity index (χ1n) is 4.90. The molecule has 4 heteroatoms. The van der Waals surface area contributed by atoms with E-state index in [0.717, 1.165) is 27.9 Å². The van der Waals surface area contributed by atoms with Crippen LogP contribution < -0.4 is 0 Å². The van der Waals surface area contributed by atoms with E-state index in [1.807, 2.05) is 12.1 Å². The van der Waals surface area contributed by atoms with Crippen LogP contribution in [0.5, 0.6) is 0 Å². The van der Waals surface area contributed by atoms with E-state index >= 15 is 0 Å². The van der Waals surface area contributed by atoms with Crippen LogP contribution in [0.4, 0.5) is 0 Å². The Morgan fingerprint density at radius 1 is 1.47 bits per heavy atom. The van der Waals surface area contributed by atoms with E-state index in [1.165, 1.54) is 0 Å². The Kier molecular flexibility index (Phi) is 3.07. The van der Waals surface area contributed by atoms with Crippen LogP contribution in [0, 0.1) is 0 Å². The molecule has 0 aliphatic carbocycles. The van der Waals surface area contributed by atoms with Gasteiger partial charge in [0.25, 0.3) is 0 Å². The molecule has 0 aliphatic rings. The Morgan fingerprint density at radius 3 is 2.93 bits per heavy atom. The van der Waals surface area contributed by atoms with E-state index < -0.39 is 0 Å². The van der Waals surface area contributed by atoms with Crippen molar-refractivity contribution in [3.63, 3.8) is 0 Å². The highest BCUT2D eigenvalue weighted by Gasteiger charge is 2.08. The molecule has 1 aromatic heterocycles. The Bertz CT molecular complexity index is 479. The van der Waals surface area contributed by atoms with E-state index in [0.29, 0.717) is 6.61 Å². The second kappa shape index (κ2) is 4.33. The average molecular weight is 269 g/mol. The molecular weight excluding hydrogens is 256 g/mol. The summed E-state index contributed by atoms with van der Waals surface area (Å²) >= 11 is 3.45. The summed E-state index contributed by atoms with van der Waals surface area (Å²) in [5, 5.41) is 0. The zero-order chi connectivity index (χ0) is 10.8. The first kappa shape index (κ1) is 10.6. The van der Waals surface area contributed by atoms with E-state index in [4.69, 9.17) is 4.74 Å². The van der Waals surface area contributed by atoms with Gasteiger partial charge in [-0.15, -0.1) is 0 Å². The standard InChI is InChI=1S/C11H13BrN2O/c1-3-14-10-5-4-8(12)6-9(10)13-11(14)7-15-2/h4-6H,3,7H2,1-2H3. The Hall–Kier alpha value is -0.870. The van der Waals surface area contributed by atoms with Crippen molar-refractivity contribution in [1.82, 2.24) is 9.55 Å². The number of ether oxygens (including phenoxy) is 1. The minimum absolute atomic E-state index is 0.556. The van der Waals surface area contributed by atoms with Crippen LogP contribution >= 0.6 is 15.9 Å². The zero-order valence-electron chi connectivity index (χ0n) is 8.83. The SMILES string of the molecule is CCn1c(COC)nc2cc(Br)ccc21. The van der Waals surface area contributed by atoms with Crippen molar-refractivity contribution >= 4 is 27.0 Å². The van der Waals surface area contributed by atoms with Gasteiger partial charge in [-0.05, 0) is 25.1 Å². The molecule has 0 unspecified atom stereocenters. The number of hydrogen-bond donors (Lipinski definition) is 0. The molecule has 0 fully saturated rings. The van der Waals surface area contributed by atoms with Crippen LogP contribution in [0.25, 0.3) is 11.0 Å². The molecule has 0 amide bonds. The number of imidazole rings is 1. The van der Waals surface area contributed by atoms with Crippen LogP contribution in [0.3, 0.4) is 0 Å². The van der Waals surface area contributed by atoms with Gasteiger partial charge in [0.15, 0.2) is 0 Å². The number of hydrogen-bond acceptors (Lipinski definition) is 2. The first-order valence-corrected chi connectivity index (χ1v) is 5.69. The lowest BCUT2D eigenvalue weighted by molar-refractivity contribution is 0.175. The molecule has 0 spiro atoms. The number of fused-ring (bicyclic) bond motifs is 1. The second-order valence-corrected chi connectivity index (χ2v) is 4.25.